The molecular formula is C9H18O4. The molecule has 0 saturated carbocycles. The van der Waals surface area contributed by atoms with Crippen LogP contribution in [0.5, 0.6) is 0 Å². The van der Waals surface area contributed by atoms with Crippen LogP contribution in [0.1, 0.15) is 20.3 Å². The summed E-state index contributed by atoms with van der Waals surface area (Å²) in [6.45, 7) is 3.52. The van der Waals surface area contributed by atoms with Crippen LogP contribution in [0.2, 0.25) is 0 Å². The van der Waals surface area contributed by atoms with Gasteiger partial charge in [-0.3, -0.25) is 4.79 Å². The molecule has 0 aliphatic carbocycles. The van der Waals surface area contributed by atoms with E-state index in [0.717, 1.165) is 0 Å². The number of carbonyl (C=O) groups excluding carboxylic acids is 1. The van der Waals surface area contributed by atoms with Crippen molar-refractivity contribution in [1.82, 2.24) is 0 Å². The van der Waals surface area contributed by atoms with Gasteiger partial charge in [0.25, 0.3) is 0 Å². The lowest BCUT2D eigenvalue weighted by atomic mass is 9.88. The van der Waals surface area contributed by atoms with Gasteiger partial charge in [0.15, 0.2) is 0 Å². The van der Waals surface area contributed by atoms with E-state index >= 15 is 0 Å². The summed E-state index contributed by atoms with van der Waals surface area (Å²) in [6.07, 6.45) is 0.531. The zero-order valence-electron chi connectivity index (χ0n) is 8.66. The summed E-state index contributed by atoms with van der Waals surface area (Å²) in [4.78, 5) is 11.2. The normalized spacial score (nSPS) is 17.6. The molecule has 4 nitrogen and oxygen atoms in total. The number of hydrogen-bond donors (Lipinski definition) is 1. The Bertz CT molecular complexity index is 165. The molecule has 0 fully saturated rings. The average Bonchev–Trinajstić information content (AvgIpc) is 2.04. The van der Waals surface area contributed by atoms with Crippen molar-refractivity contribution < 1.29 is 19.4 Å². The molecule has 0 radical (unpaired) electrons. The molecule has 78 valence electrons. The Morgan fingerprint density at radius 3 is 2.38 bits per heavy atom. The third kappa shape index (κ3) is 3.32. The van der Waals surface area contributed by atoms with Gasteiger partial charge in [-0.25, -0.2) is 0 Å². The van der Waals surface area contributed by atoms with E-state index in [2.05, 4.69) is 4.74 Å². The van der Waals surface area contributed by atoms with Crippen LogP contribution in [0.4, 0.5) is 0 Å². The number of esters is 1. The second kappa shape index (κ2) is 5.19. The van der Waals surface area contributed by atoms with Crippen molar-refractivity contribution in [2.45, 2.75) is 25.9 Å². The van der Waals surface area contributed by atoms with Gasteiger partial charge in [0.1, 0.15) is 0 Å². The van der Waals surface area contributed by atoms with Crippen molar-refractivity contribution in [3.05, 3.63) is 0 Å². The van der Waals surface area contributed by atoms with Gasteiger partial charge in [0.2, 0.25) is 0 Å². The van der Waals surface area contributed by atoms with Gasteiger partial charge in [0.05, 0.1) is 25.2 Å². The van der Waals surface area contributed by atoms with Gasteiger partial charge >= 0.3 is 5.97 Å². The summed E-state index contributed by atoms with van der Waals surface area (Å²) in [6, 6.07) is 0. The number of aliphatic hydroxyl groups is 1. The summed E-state index contributed by atoms with van der Waals surface area (Å²) in [7, 11) is 2.80. The maximum absolute atomic E-state index is 11.2. The lowest BCUT2D eigenvalue weighted by molar-refractivity contribution is -0.158. The molecule has 0 heterocycles. The second-order valence-corrected chi connectivity index (χ2v) is 3.27. The van der Waals surface area contributed by atoms with Crippen LogP contribution in [-0.2, 0) is 14.3 Å². The Kier molecular flexibility index (Phi) is 4.95. The number of hydrogen-bond acceptors (Lipinski definition) is 4. The second-order valence-electron chi connectivity index (χ2n) is 3.27. The Morgan fingerprint density at radius 2 is 2.08 bits per heavy atom. The van der Waals surface area contributed by atoms with E-state index in [-0.39, 0.29) is 6.61 Å². The molecule has 0 amide bonds. The molecular weight excluding hydrogens is 172 g/mol. The Balaban J connectivity index is 4.45. The summed E-state index contributed by atoms with van der Waals surface area (Å²) in [5.41, 5.74) is -1.16. The van der Waals surface area contributed by atoms with Crippen molar-refractivity contribution in [2.24, 2.45) is 5.92 Å². The zero-order valence-corrected chi connectivity index (χ0v) is 8.66. The largest absolute Gasteiger partial charge is 0.469 e. The minimum atomic E-state index is -1.16. The molecule has 4 heteroatoms. The maximum Gasteiger partial charge on any atom is 0.311 e. The fraction of sp³-hybridized carbons (Fsp3) is 0.889. The molecule has 0 aromatic carbocycles. The van der Waals surface area contributed by atoms with Gasteiger partial charge in [-0.2, -0.15) is 0 Å². The lowest BCUT2D eigenvalue weighted by Crippen LogP contribution is -2.43. The summed E-state index contributed by atoms with van der Waals surface area (Å²) in [5, 5.41) is 9.85. The highest BCUT2D eigenvalue weighted by molar-refractivity contribution is 5.73. The number of methoxy groups -OCH3 is 2. The van der Waals surface area contributed by atoms with Gasteiger partial charge in [0, 0.05) is 7.11 Å². The first-order valence-electron chi connectivity index (χ1n) is 4.28. The van der Waals surface area contributed by atoms with Crippen LogP contribution < -0.4 is 0 Å². The fourth-order valence-corrected chi connectivity index (χ4v) is 1.40. The monoisotopic (exact) mass is 190 g/mol. The number of rotatable bonds is 5. The van der Waals surface area contributed by atoms with Crippen molar-refractivity contribution in [3.63, 3.8) is 0 Å². The first-order valence-corrected chi connectivity index (χ1v) is 4.28. The van der Waals surface area contributed by atoms with Crippen LogP contribution >= 0.6 is 0 Å². The minimum Gasteiger partial charge on any atom is -0.469 e. The highest BCUT2D eigenvalue weighted by Crippen LogP contribution is 2.22. The van der Waals surface area contributed by atoms with Crippen molar-refractivity contribution in [1.29, 1.82) is 0 Å². The SMILES string of the molecule is CCC(C(=O)OC)C(C)(O)COC. The molecule has 13 heavy (non-hydrogen) atoms. The standard InChI is InChI=1S/C9H18O4/c1-5-7(8(10)13-4)9(2,11)6-12-3/h7,11H,5-6H2,1-4H3. The fourth-order valence-electron chi connectivity index (χ4n) is 1.40. The highest BCUT2D eigenvalue weighted by atomic mass is 16.5. The molecule has 0 saturated heterocycles. The molecule has 1 N–H and O–H groups in total. The van der Waals surface area contributed by atoms with Crippen LogP contribution in [-0.4, -0.2) is 37.5 Å². The molecule has 0 bridgehead atoms. The minimum absolute atomic E-state index is 0.126. The third-order valence-corrected chi connectivity index (χ3v) is 2.08. The topological polar surface area (TPSA) is 55.8 Å². The van der Waals surface area contributed by atoms with Crippen LogP contribution in [0.15, 0.2) is 0 Å². The van der Waals surface area contributed by atoms with Gasteiger partial charge < -0.3 is 14.6 Å². The average molecular weight is 190 g/mol. The van der Waals surface area contributed by atoms with E-state index in [1.165, 1.54) is 14.2 Å². The quantitative estimate of drug-likeness (QED) is 0.644. The first-order chi connectivity index (χ1) is 5.99. The Morgan fingerprint density at radius 1 is 1.54 bits per heavy atom. The molecule has 0 aliphatic rings. The first kappa shape index (κ1) is 12.4. The molecule has 0 aliphatic heterocycles. The molecule has 2 unspecified atom stereocenters. The van der Waals surface area contributed by atoms with E-state index in [1.807, 2.05) is 6.92 Å². The molecule has 0 aromatic rings. The number of ether oxygens (including phenoxy) is 2. The molecule has 0 spiro atoms. The van der Waals surface area contributed by atoms with E-state index in [9.17, 15) is 9.90 Å². The van der Waals surface area contributed by atoms with Crippen molar-refractivity contribution >= 4 is 5.97 Å². The highest BCUT2D eigenvalue weighted by Gasteiger charge is 2.36. The van der Waals surface area contributed by atoms with E-state index in [4.69, 9.17) is 4.74 Å². The summed E-state index contributed by atoms with van der Waals surface area (Å²) in [5.74, 6) is -0.929. The van der Waals surface area contributed by atoms with Gasteiger partial charge in [-0.1, -0.05) is 6.92 Å². The maximum atomic E-state index is 11.2. The summed E-state index contributed by atoms with van der Waals surface area (Å²) < 4.78 is 9.41. The van der Waals surface area contributed by atoms with Crippen molar-refractivity contribution in [2.75, 3.05) is 20.8 Å². The van der Waals surface area contributed by atoms with Crippen LogP contribution in [0, 0.1) is 5.92 Å². The predicted octanol–water partition coefficient (Wildman–Crippen LogP) is 0.583. The molecule has 2 atom stereocenters. The van der Waals surface area contributed by atoms with E-state index < -0.39 is 17.5 Å². The summed E-state index contributed by atoms with van der Waals surface area (Å²) >= 11 is 0. The molecule has 0 rings (SSSR count). The predicted molar refractivity (Wildman–Crippen MR) is 48.3 cm³/mol. The smallest absolute Gasteiger partial charge is 0.311 e. The van der Waals surface area contributed by atoms with Crippen molar-refractivity contribution in [3.8, 4) is 0 Å². The zero-order chi connectivity index (χ0) is 10.5. The van der Waals surface area contributed by atoms with Gasteiger partial charge in [-0.15, -0.1) is 0 Å². The Labute approximate surface area is 78.8 Å². The van der Waals surface area contributed by atoms with E-state index in [1.54, 1.807) is 6.92 Å². The van der Waals surface area contributed by atoms with Gasteiger partial charge in [-0.05, 0) is 13.3 Å². The third-order valence-electron chi connectivity index (χ3n) is 2.08. The lowest BCUT2D eigenvalue weighted by Gasteiger charge is -2.29. The number of carbonyl (C=O) groups is 1. The van der Waals surface area contributed by atoms with Crippen LogP contribution in [0.3, 0.4) is 0 Å². The Hall–Kier alpha value is -0.610. The molecule has 0 aromatic heterocycles. The van der Waals surface area contributed by atoms with E-state index in [0.29, 0.717) is 6.42 Å². The van der Waals surface area contributed by atoms with Crippen LogP contribution in [0.25, 0.3) is 0 Å².